The molecule has 1 N–H and O–H groups in total. The summed E-state index contributed by atoms with van der Waals surface area (Å²) in [6.45, 7) is 5.52. The van der Waals surface area contributed by atoms with E-state index in [-0.39, 0.29) is 29.3 Å². The Bertz CT molecular complexity index is 1230. The van der Waals surface area contributed by atoms with Crippen molar-refractivity contribution < 1.29 is 13.9 Å². The molecular weight excluding hydrogens is 360 g/mol. The van der Waals surface area contributed by atoms with E-state index < -0.39 is 5.97 Å². The highest BCUT2D eigenvalue weighted by Gasteiger charge is 2.23. The summed E-state index contributed by atoms with van der Waals surface area (Å²) in [7, 11) is 0. The number of carbonyl (C=O) groups is 1. The molecule has 28 heavy (non-hydrogen) atoms. The van der Waals surface area contributed by atoms with Gasteiger partial charge in [-0.2, -0.15) is 0 Å². The first kappa shape index (κ1) is 17.7. The largest absolute Gasteiger partial charge is 0.461 e. The van der Waals surface area contributed by atoms with Gasteiger partial charge in [-0.3, -0.25) is 9.89 Å². The summed E-state index contributed by atoms with van der Waals surface area (Å²) < 4.78 is 11.6. The number of fused-ring (bicyclic) bond motifs is 1. The monoisotopic (exact) mass is 378 g/mol. The van der Waals surface area contributed by atoms with Crippen LogP contribution in [0.4, 0.5) is 0 Å². The zero-order valence-corrected chi connectivity index (χ0v) is 15.6. The predicted octanol–water partition coefficient (Wildman–Crippen LogP) is 3.14. The SMILES string of the molecule is CCOC(=O)c1coc(-c2c(C)nc3c(-c4ccccc4)c(C)[nH]n3c2=O)n1. The minimum atomic E-state index is -0.605. The highest BCUT2D eigenvalue weighted by atomic mass is 16.5. The van der Waals surface area contributed by atoms with E-state index in [1.54, 1.807) is 13.8 Å². The summed E-state index contributed by atoms with van der Waals surface area (Å²) in [5, 5.41) is 3.06. The van der Waals surface area contributed by atoms with E-state index in [0.29, 0.717) is 11.3 Å². The molecule has 4 rings (SSSR count). The highest BCUT2D eigenvalue weighted by Crippen LogP contribution is 2.28. The maximum atomic E-state index is 13.1. The second kappa shape index (κ2) is 6.80. The maximum absolute atomic E-state index is 13.1. The summed E-state index contributed by atoms with van der Waals surface area (Å²) in [4.78, 5) is 33.7. The fourth-order valence-electron chi connectivity index (χ4n) is 3.17. The van der Waals surface area contributed by atoms with Crippen molar-refractivity contribution >= 4 is 11.6 Å². The Morgan fingerprint density at radius 3 is 2.64 bits per heavy atom. The number of hydrogen-bond donors (Lipinski definition) is 1. The van der Waals surface area contributed by atoms with Crippen LogP contribution < -0.4 is 5.56 Å². The van der Waals surface area contributed by atoms with Crippen molar-refractivity contribution in [2.24, 2.45) is 0 Å². The molecule has 4 aromatic rings. The standard InChI is InChI=1S/C20H18N4O4/c1-4-27-20(26)14-10-28-18(22-14)16-11(2)21-17-15(13-8-6-5-7-9-13)12(3)23-24(17)19(16)25/h5-10,23H,4H2,1-3H3. The normalized spacial score (nSPS) is 11.1. The Labute approximate surface area is 159 Å². The van der Waals surface area contributed by atoms with E-state index >= 15 is 0 Å². The molecule has 0 aliphatic rings. The summed E-state index contributed by atoms with van der Waals surface area (Å²) in [5.74, 6) is -0.577. The first-order valence-electron chi connectivity index (χ1n) is 8.81. The number of H-pyrrole nitrogens is 1. The van der Waals surface area contributed by atoms with Gasteiger partial charge in [0, 0.05) is 11.3 Å². The van der Waals surface area contributed by atoms with Crippen molar-refractivity contribution in [1.29, 1.82) is 0 Å². The Morgan fingerprint density at radius 1 is 1.18 bits per heavy atom. The third-order valence-corrected chi connectivity index (χ3v) is 4.41. The van der Waals surface area contributed by atoms with Crippen molar-refractivity contribution in [3.8, 4) is 22.6 Å². The molecule has 0 fully saturated rings. The van der Waals surface area contributed by atoms with Crippen molar-refractivity contribution in [2.45, 2.75) is 20.8 Å². The van der Waals surface area contributed by atoms with E-state index in [9.17, 15) is 9.59 Å². The average molecular weight is 378 g/mol. The van der Waals surface area contributed by atoms with Gasteiger partial charge in [-0.1, -0.05) is 30.3 Å². The third-order valence-electron chi connectivity index (χ3n) is 4.41. The molecule has 0 amide bonds. The van der Waals surface area contributed by atoms with Gasteiger partial charge < -0.3 is 9.15 Å². The molecule has 3 heterocycles. The summed E-state index contributed by atoms with van der Waals surface area (Å²) in [6.07, 6.45) is 1.18. The molecule has 0 aliphatic heterocycles. The summed E-state index contributed by atoms with van der Waals surface area (Å²) in [5.41, 5.74) is 3.44. The second-order valence-corrected chi connectivity index (χ2v) is 6.27. The first-order valence-corrected chi connectivity index (χ1v) is 8.81. The van der Waals surface area contributed by atoms with Gasteiger partial charge in [-0.05, 0) is 26.3 Å². The second-order valence-electron chi connectivity index (χ2n) is 6.27. The number of aromatic amines is 1. The molecule has 142 valence electrons. The van der Waals surface area contributed by atoms with Gasteiger partial charge in [-0.25, -0.2) is 19.3 Å². The van der Waals surface area contributed by atoms with E-state index in [1.165, 1.54) is 10.8 Å². The zero-order chi connectivity index (χ0) is 19.8. The number of carbonyl (C=O) groups excluding carboxylic acids is 1. The molecule has 0 saturated carbocycles. The lowest BCUT2D eigenvalue weighted by molar-refractivity contribution is 0.0519. The van der Waals surface area contributed by atoms with Crippen LogP contribution in [0.5, 0.6) is 0 Å². The molecule has 0 spiro atoms. The van der Waals surface area contributed by atoms with Crippen LogP contribution in [0.15, 0.2) is 45.8 Å². The number of nitrogens with one attached hydrogen (secondary N) is 1. The lowest BCUT2D eigenvalue weighted by atomic mass is 10.1. The number of aromatic nitrogens is 4. The highest BCUT2D eigenvalue weighted by molar-refractivity contribution is 5.87. The molecule has 8 heteroatoms. The van der Waals surface area contributed by atoms with Crippen LogP contribution in [0.3, 0.4) is 0 Å². The Kier molecular flexibility index (Phi) is 4.31. The van der Waals surface area contributed by atoms with E-state index in [4.69, 9.17) is 9.15 Å². The van der Waals surface area contributed by atoms with Gasteiger partial charge in [0.25, 0.3) is 5.56 Å². The van der Waals surface area contributed by atoms with Crippen molar-refractivity contribution in [2.75, 3.05) is 6.61 Å². The van der Waals surface area contributed by atoms with Gasteiger partial charge in [0.15, 0.2) is 11.3 Å². The molecule has 0 radical (unpaired) electrons. The minimum absolute atomic E-state index is 0.00777. The molecule has 0 unspecified atom stereocenters. The third kappa shape index (κ3) is 2.79. The lowest BCUT2D eigenvalue weighted by Gasteiger charge is -2.04. The van der Waals surface area contributed by atoms with Gasteiger partial charge in [-0.15, -0.1) is 0 Å². The van der Waals surface area contributed by atoms with Crippen LogP contribution in [-0.4, -0.2) is 32.2 Å². The Hall–Kier alpha value is -3.68. The zero-order valence-electron chi connectivity index (χ0n) is 15.6. The topological polar surface area (TPSA) is 102 Å². The quantitative estimate of drug-likeness (QED) is 0.547. The maximum Gasteiger partial charge on any atom is 0.360 e. The number of esters is 1. The van der Waals surface area contributed by atoms with Crippen LogP contribution >= 0.6 is 0 Å². The summed E-state index contributed by atoms with van der Waals surface area (Å²) >= 11 is 0. The fraction of sp³-hybridized carbons (Fsp3) is 0.200. The molecule has 8 nitrogen and oxygen atoms in total. The number of ether oxygens (including phenoxy) is 1. The van der Waals surface area contributed by atoms with Crippen LogP contribution in [0.2, 0.25) is 0 Å². The molecule has 0 atom stereocenters. The van der Waals surface area contributed by atoms with Crippen molar-refractivity contribution in [3.63, 3.8) is 0 Å². The van der Waals surface area contributed by atoms with E-state index in [1.807, 2.05) is 37.3 Å². The number of aryl methyl sites for hydroxylation is 2. The number of benzene rings is 1. The van der Waals surface area contributed by atoms with Gasteiger partial charge in [0.05, 0.1) is 12.3 Å². The van der Waals surface area contributed by atoms with Crippen LogP contribution in [0.1, 0.15) is 28.8 Å². The van der Waals surface area contributed by atoms with Crippen LogP contribution in [0.25, 0.3) is 28.2 Å². The number of rotatable bonds is 4. The van der Waals surface area contributed by atoms with Gasteiger partial charge in [0.1, 0.15) is 11.8 Å². The lowest BCUT2D eigenvalue weighted by Crippen LogP contribution is -2.19. The molecular formula is C20H18N4O4. The Balaban J connectivity index is 1.89. The predicted molar refractivity (Wildman–Crippen MR) is 102 cm³/mol. The van der Waals surface area contributed by atoms with Gasteiger partial charge in [0.2, 0.25) is 5.89 Å². The van der Waals surface area contributed by atoms with Crippen molar-refractivity contribution in [1.82, 2.24) is 19.6 Å². The average Bonchev–Trinajstić information content (AvgIpc) is 3.28. The molecule has 0 aliphatic carbocycles. The van der Waals surface area contributed by atoms with E-state index in [0.717, 1.165) is 16.8 Å². The van der Waals surface area contributed by atoms with Gasteiger partial charge >= 0.3 is 5.97 Å². The molecule has 3 aromatic heterocycles. The number of hydrogen-bond acceptors (Lipinski definition) is 6. The molecule has 0 saturated heterocycles. The number of nitrogens with zero attached hydrogens (tertiary/aromatic N) is 3. The molecule has 1 aromatic carbocycles. The molecule has 0 bridgehead atoms. The Morgan fingerprint density at radius 2 is 1.93 bits per heavy atom. The van der Waals surface area contributed by atoms with Crippen LogP contribution in [-0.2, 0) is 4.74 Å². The minimum Gasteiger partial charge on any atom is -0.461 e. The summed E-state index contributed by atoms with van der Waals surface area (Å²) in [6, 6.07) is 9.72. The first-order chi connectivity index (χ1) is 13.5. The van der Waals surface area contributed by atoms with Crippen molar-refractivity contribution in [3.05, 3.63) is 64.0 Å². The smallest absolute Gasteiger partial charge is 0.360 e. The van der Waals surface area contributed by atoms with E-state index in [2.05, 4.69) is 15.1 Å². The number of oxazole rings is 1. The van der Waals surface area contributed by atoms with Crippen LogP contribution in [0, 0.1) is 13.8 Å². The fourth-order valence-corrected chi connectivity index (χ4v) is 3.17.